The van der Waals surface area contributed by atoms with Crippen LogP contribution in [0.15, 0.2) is 24.3 Å². The van der Waals surface area contributed by atoms with Crippen LogP contribution in [0, 0.1) is 0 Å². The van der Waals surface area contributed by atoms with Crippen molar-refractivity contribution in [2.75, 3.05) is 20.8 Å². The molecule has 2 N–H and O–H groups in total. The Morgan fingerprint density at radius 3 is 2.40 bits per heavy atom. The van der Waals surface area contributed by atoms with Crippen molar-refractivity contribution in [2.45, 2.75) is 12.6 Å². The number of carbonyl (C=O) groups is 2. The Kier molecular flexibility index (Phi) is 6.31. The number of esters is 1. The van der Waals surface area contributed by atoms with E-state index >= 15 is 0 Å². The maximum absolute atomic E-state index is 11.5. The molecule has 110 valence electrons. The molecule has 1 unspecified atom stereocenters. The predicted octanol–water partition coefficient (Wildman–Crippen LogP) is 0.455. The van der Waals surface area contributed by atoms with Crippen LogP contribution in [0.4, 0.5) is 4.79 Å². The molecule has 1 aromatic rings. The normalized spacial score (nSPS) is 11.3. The fourth-order valence-electron chi connectivity index (χ4n) is 1.38. The summed E-state index contributed by atoms with van der Waals surface area (Å²) in [5, 5.41) is 11.1. The second kappa shape index (κ2) is 8.00. The summed E-state index contributed by atoms with van der Waals surface area (Å²) >= 11 is 0. The highest BCUT2D eigenvalue weighted by Crippen LogP contribution is 2.11. The van der Waals surface area contributed by atoms with Gasteiger partial charge in [-0.1, -0.05) is 12.1 Å². The van der Waals surface area contributed by atoms with Gasteiger partial charge in [0, 0.05) is 0 Å². The number of hydrogen-bond acceptors (Lipinski definition) is 6. The van der Waals surface area contributed by atoms with Gasteiger partial charge in [-0.2, -0.15) is 0 Å². The van der Waals surface area contributed by atoms with Gasteiger partial charge >= 0.3 is 12.1 Å². The summed E-state index contributed by atoms with van der Waals surface area (Å²) in [5.74, 6) is -0.0434. The summed E-state index contributed by atoms with van der Waals surface area (Å²) in [6.45, 7) is -0.528. The minimum absolute atomic E-state index is 0.0369. The fraction of sp³-hybridized carbons (Fsp3) is 0.385. The fourth-order valence-corrected chi connectivity index (χ4v) is 1.38. The molecular weight excluding hydrogens is 266 g/mol. The minimum Gasteiger partial charge on any atom is -0.497 e. The Bertz CT molecular complexity index is 445. The lowest BCUT2D eigenvalue weighted by molar-refractivity contribution is -0.144. The van der Waals surface area contributed by atoms with Gasteiger partial charge in [0.2, 0.25) is 0 Å². The molecule has 0 aromatic heterocycles. The Balaban J connectivity index is 2.43. The molecule has 7 heteroatoms. The lowest BCUT2D eigenvalue weighted by atomic mass is 10.2. The quantitative estimate of drug-likeness (QED) is 0.736. The SMILES string of the molecule is COC(=O)C(CO)NC(=O)OCc1ccc(OC)cc1. The van der Waals surface area contributed by atoms with E-state index in [0.717, 1.165) is 12.7 Å². The molecule has 0 aliphatic rings. The monoisotopic (exact) mass is 283 g/mol. The molecule has 1 rings (SSSR count). The van der Waals surface area contributed by atoms with E-state index in [-0.39, 0.29) is 6.61 Å². The van der Waals surface area contributed by atoms with E-state index in [0.29, 0.717) is 5.75 Å². The molecular formula is C13H17NO6. The Labute approximate surface area is 116 Å². The number of aliphatic hydroxyl groups excluding tert-OH is 1. The Hall–Kier alpha value is -2.28. The van der Waals surface area contributed by atoms with E-state index in [1.165, 1.54) is 0 Å². The number of rotatable bonds is 6. The van der Waals surface area contributed by atoms with E-state index in [1.807, 2.05) is 0 Å². The molecule has 0 saturated carbocycles. The van der Waals surface area contributed by atoms with E-state index in [1.54, 1.807) is 31.4 Å². The van der Waals surface area contributed by atoms with Crippen LogP contribution in [0.2, 0.25) is 0 Å². The molecule has 0 heterocycles. The van der Waals surface area contributed by atoms with Crippen molar-refractivity contribution in [3.8, 4) is 5.75 Å². The number of alkyl carbamates (subject to hydrolysis) is 1. The highest BCUT2D eigenvalue weighted by molar-refractivity contribution is 5.81. The van der Waals surface area contributed by atoms with Gasteiger partial charge in [-0.15, -0.1) is 0 Å². The van der Waals surface area contributed by atoms with Gasteiger partial charge < -0.3 is 24.6 Å². The van der Waals surface area contributed by atoms with Crippen molar-refractivity contribution in [3.05, 3.63) is 29.8 Å². The predicted molar refractivity (Wildman–Crippen MR) is 69.2 cm³/mol. The molecule has 0 aliphatic heterocycles. The second-order valence-corrected chi connectivity index (χ2v) is 3.83. The minimum atomic E-state index is -1.14. The van der Waals surface area contributed by atoms with Crippen LogP contribution in [-0.4, -0.2) is 44.0 Å². The summed E-state index contributed by atoms with van der Waals surface area (Å²) in [4.78, 5) is 22.6. The molecule has 1 aromatic carbocycles. The van der Waals surface area contributed by atoms with Gasteiger partial charge in [-0.25, -0.2) is 9.59 Å². The van der Waals surface area contributed by atoms with Crippen LogP contribution in [0.3, 0.4) is 0 Å². The topological polar surface area (TPSA) is 94.1 Å². The molecule has 0 fully saturated rings. The first-order valence-electron chi connectivity index (χ1n) is 5.85. The second-order valence-electron chi connectivity index (χ2n) is 3.83. The van der Waals surface area contributed by atoms with Crippen LogP contribution in [0.1, 0.15) is 5.56 Å². The zero-order valence-corrected chi connectivity index (χ0v) is 11.3. The number of methoxy groups -OCH3 is 2. The highest BCUT2D eigenvalue weighted by atomic mass is 16.6. The maximum Gasteiger partial charge on any atom is 0.408 e. The van der Waals surface area contributed by atoms with Gasteiger partial charge in [-0.05, 0) is 17.7 Å². The number of aliphatic hydroxyl groups is 1. The molecule has 1 atom stereocenters. The Morgan fingerprint density at radius 1 is 1.25 bits per heavy atom. The van der Waals surface area contributed by atoms with Crippen LogP contribution in [0.25, 0.3) is 0 Å². The van der Waals surface area contributed by atoms with Crippen LogP contribution in [-0.2, 0) is 20.9 Å². The zero-order valence-electron chi connectivity index (χ0n) is 11.3. The highest BCUT2D eigenvalue weighted by Gasteiger charge is 2.20. The molecule has 0 saturated heterocycles. The van der Waals surface area contributed by atoms with E-state index in [9.17, 15) is 9.59 Å². The third kappa shape index (κ3) is 4.77. The molecule has 1 amide bonds. The number of amides is 1. The van der Waals surface area contributed by atoms with E-state index < -0.39 is 24.7 Å². The van der Waals surface area contributed by atoms with Crippen molar-refractivity contribution in [3.63, 3.8) is 0 Å². The average Bonchev–Trinajstić information content (AvgIpc) is 2.50. The third-order valence-corrected chi connectivity index (χ3v) is 2.49. The molecule has 0 bridgehead atoms. The summed E-state index contributed by atoms with van der Waals surface area (Å²) in [6, 6.07) is 5.83. The zero-order chi connectivity index (χ0) is 15.0. The van der Waals surface area contributed by atoms with Crippen molar-refractivity contribution in [2.24, 2.45) is 0 Å². The first kappa shape index (κ1) is 15.8. The lowest BCUT2D eigenvalue weighted by Gasteiger charge is -2.13. The number of hydrogen-bond donors (Lipinski definition) is 2. The summed E-state index contributed by atoms with van der Waals surface area (Å²) < 4.78 is 14.3. The number of ether oxygens (including phenoxy) is 3. The molecule has 7 nitrogen and oxygen atoms in total. The molecule has 0 spiro atoms. The Morgan fingerprint density at radius 2 is 1.90 bits per heavy atom. The van der Waals surface area contributed by atoms with Crippen LogP contribution >= 0.6 is 0 Å². The van der Waals surface area contributed by atoms with Crippen molar-refractivity contribution >= 4 is 12.1 Å². The maximum atomic E-state index is 11.5. The smallest absolute Gasteiger partial charge is 0.408 e. The van der Waals surface area contributed by atoms with Crippen LogP contribution in [0.5, 0.6) is 5.75 Å². The summed E-state index contributed by atoms with van der Waals surface area (Å²) in [6.07, 6.45) is -0.815. The molecule has 0 radical (unpaired) electrons. The third-order valence-electron chi connectivity index (χ3n) is 2.49. The average molecular weight is 283 g/mol. The van der Waals surface area contributed by atoms with Gasteiger partial charge in [0.1, 0.15) is 12.4 Å². The molecule has 0 aliphatic carbocycles. The van der Waals surface area contributed by atoms with Crippen molar-refractivity contribution in [1.29, 1.82) is 0 Å². The van der Waals surface area contributed by atoms with E-state index in [4.69, 9.17) is 14.6 Å². The first-order chi connectivity index (χ1) is 9.60. The summed E-state index contributed by atoms with van der Waals surface area (Å²) in [7, 11) is 2.72. The summed E-state index contributed by atoms with van der Waals surface area (Å²) in [5.41, 5.74) is 0.763. The van der Waals surface area contributed by atoms with Gasteiger partial charge in [0.25, 0.3) is 0 Å². The first-order valence-corrected chi connectivity index (χ1v) is 5.85. The van der Waals surface area contributed by atoms with Gasteiger partial charge in [0.05, 0.1) is 20.8 Å². The van der Waals surface area contributed by atoms with Crippen LogP contribution < -0.4 is 10.1 Å². The standard InChI is InChI=1S/C13H17NO6/c1-18-10-5-3-9(4-6-10)8-20-13(17)14-11(7-15)12(16)19-2/h3-6,11,15H,7-8H2,1-2H3,(H,14,17). The number of carbonyl (C=O) groups excluding carboxylic acids is 2. The number of benzene rings is 1. The number of nitrogens with one attached hydrogen (secondary N) is 1. The van der Waals surface area contributed by atoms with Crippen molar-refractivity contribution in [1.82, 2.24) is 5.32 Å². The van der Waals surface area contributed by atoms with E-state index in [2.05, 4.69) is 10.1 Å². The molecule has 20 heavy (non-hydrogen) atoms. The largest absolute Gasteiger partial charge is 0.497 e. The van der Waals surface area contributed by atoms with Crippen molar-refractivity contribution < 1.29 is 28.9 Å². The van der Waals surface area contributed by atoms with Gasteiger partial charge in [0.15, 0.2) is 6.04 Å². The van der Waals surface area contributed by atoms with Gasteiger partial charge in [-0.3, -0.25) is 0 Å². The lowest BCUT2D eigenvalue weighted by Crippen LogP contribution is -2.44.